The minimum Gasteiger partial charge on any atom is -0.366 e. The van der Waals surface area contributed by atoms with Gasteiger partial charge < -0.3 is 10.2 Å². The summed E-state index contributed by atoms with van der Waals surface area (Å²) in [6.07, 6.45) is 2.04. The van der Waals surface area contributed by atoms with E-state index in [0.29, 0.717) is 5.92 Å². The van der Waals surface area contributed by atoms with Crippen LogP contribution >= 0.6 is 12.2 Å². The smallest absolute Gasteiger partial charge is 0.168 e. The van der Waals surface area contributed by atoms with Gasteiger partial charge in [-0.1, -0.05) is 18.2 Å². The molecule has 0 atom stereocenters. The van der Waals surface area contributed by atoms with E-state index in [-0.39, 0.29) is 5.82 Å². The summed E-state index contributed by atoms with van der Waals surface area (Å²) in [6, 6.07) is 14.8. The summed E-state index contributed by atoms with van der Waals surface area (Å²) in [4.78, 5) is 2.21. The van der Waals surface area contributed by atoms with Crippen LogP contribution in [0.25, 0.3) is 16.6 Å². The van der Waals surface area contributed by atoms with Crippen LogP contribution in [0.3, 0.4) is 0 Å². The topological polar surface area (TPSA) is 33.1 Å². The van der Waals surface area contributed by atoms with E-state index in [2.05, 4.69) is 22.3 Å². The van der Waals surface area contributed by atoms with Gasteiger partial charge in [0.1, 0.15) is 5.82 Å². The molecule has 1 fully saturated rings. The summed E-state index contributed by atoms with van der Waals surface area (Å²) in [6.45, 7) is 1.87. The first-order chi connectivity index (χ1) is 12.7. The van der Waals surface area contributed by atoms with Gasteiger partial charge in [-0.05, 0) is 55.4 Å². The van der Waals surface area contributed by atoms with Crippen LogP contribution in [0.4, 0.5) is 4.39 Å². The molecule has 1 saturated heterocycles. The standard InChI is InChI=1S/C20H21FN4S/c1-22-20(26)24-12-10-14(11-13-24)19-17-4-2-3-5-18(17)25(23-19)16-8-6-15(21)7-9-16/h2-9,14H,10-13H2,1H3,(H,22,26). The lowest BCUT2D eigenvalue weighted by atomic mass is 9.92. The van der Waals surface area contributed by atoms with Gasteiger partial charge in [0.05, 0.1) is 16.9 Å². The van der Waals surface area contributed by atoms with Gasteiger partial charge in [-0.15, -0.1) is 0 Å². The molecule has 4 rings (SSSR count). The molecule has 1 aliphatic rings. The van der Waals surface area contributed by atoms with Crippen LogP contribution in [0, 0.1) is 5.82 Å². The third-order valence-electron chi connectivity index (χ3n) is 5.07. The molecule has 3 aromatic rings. The van der Waals surface area contributed by atoms with Crippen molar-refractivity contribution in [2.45, 2.75) is 18.8 Å². The van der Waals surface area contributed by atoms with Crippen molar-refractivity contribution in [1.29, 1.82) is 0 Å². The lowest BCUT2D eigenvalue weighted by Gasteiger charge is -2.32. The number of hydrogen-bond donors (Lipinski definition) is 1. The second kappa shape index (κ2) is 7.03. The van der Waals surface area contributed by atoms with E-state index in [1.165, 1.54) is 17.5 Å². The van der Waals surface area contributed by atoms with E-state index in [9.17, 15) is 4.39 Å². The molecule has 0 amide bonds. The fourth-order valence-corrected chi connectivity index (χ4v) is 3.87. The van der Waals surface area contributed by atoms with E-state index in [1.54, 1.807) is 12.1 Å². The minimum absolute atomic E-state index is 0.238. The number of likely N-dealkylation sites (tertiary alicyclic amines) is 1. The molecule has 1 aliphatic heterocycles. The number of rotatable bonds is 2. The number of hydrogen-bond acceptors (Lipinski definition) is 2. The third kappa shape index (κ3) is 3.05. The zero-order valence-electron chi connectivity index (χ0n) is 14.7. The normalized spacial score (nSPS) is 15.4. The number of halogens is 1. The fourth-order valence-electron chi connectivity index (χ4n) is 3.69. The SMILES string of the molecule is CNC(=S)N1CCC(c2nn(-c3ccc(F)cc3)c3ccccc23)CC1. The monoisotopic (exact) mass is 368 g/mol. The maximum atomic E-state index is 13.3. The number of aromatic nitrogens is 2. The number of benzene rings is 2. The quantitative estimate of drug-likeness (QED) is 0.697. The third-order valence-corrected chi connectivity index (χ3v) is 5.53. The predicted molar refractivity (Wildman–Crippen MR) is 106 cm³/mol. The molecule has 0 spiro atoms. The first kappa shape index (κ1) is 17.0. The Balaban J connectivity index is 1.68. The summed E-state index contributed by atoms with van der Waals surface area (Å²) in [5.41, 5.74) is 3.06. The second-order valence-electron chi connectivity index (χ2n) is 6.61. The maximum absolute atomic E-state index is 13.3. The highest BCUT2D eigenvalue weighted by atomic mass is 32.1. The first-order valence-electron chi connectivity index (χ1n) is 8.87. The zero-order valence-corrected chi connectivity index (χ0v) is 15.5. The van der Waals surface area contributed by atoms with Crippen LogP contribution in [0.15, 0.2) is 48.5 Å². The lowest BCUT2D eigenvalue weighted by molar-refractivity contribution is 0.308. The molecule has 2 aromatic carbocycles. The lowest BCUT2D eigenvalue weighted by Crippen LogP contribution is -2.42. The zero-order chi connectivity index (χ0) is 18.1. The summed E-state index contributed by atoms with van der Waals surface area (Å²) in [5, 5.41) is 9.97. The molecule has 0 saturated carbocycles. The molecule has 0 unspecified atom stereocenters. The number of fused-ring (bicyclic) bond motifs is 1. The number of nitrogens with one attached hydrogen (secondary N) is 1. The number of para-hydroxylation sites is 1. The molecule has 0 radical (unpaired) electrons. The van der Waals surface area contributed by atoms with Crippen molar-refractivity contribution >= 4 is 28.2 Å². The molecule has 0 aliphatic carbocycles. The van der Waals surface area contributed by atoms with Crippen LogP contribution in [-0.2, 0) is 0 Å². The molecule has 1 N–H and O–H groups in total. The molecular weight excluding hydrogens is 347 g/mol. The molecule has 4 nitrogen and oxygen atoms in total. The van der Waals surface area contributed by atoms with E-state index in [0.717, 1.165) is 47.9 Å². The molecular formula is C20H21FN4S. The summed E-state index contributed by atoms with van der Waals surface area (Å²) in [7, 11) is 1.87. The molecule has 6 heteroatoms. The summed E-state index contributed by atoms with van der Waals surface area (Å²) < 4.78 is 15.2. The largest absolute Gasteiger partial charge is 0.366 e. The molecule has 134 valence electrons. The Morgan fingerprint density at radius 3 is 2.50 bits per heavy atom. The summed E-state index contributed by atoms with van der Waals surface area (Å²) in [5.74, 6) is 0.163. The average molecular weight is 368 g/mol. The van der Waals surface area contributed by atoms with E-state index < -0.39 is 0 Å². The summed E-state index contributed by atoms with van der Waals surface area (Å²) >= 11 is 5.35. The molecule has 1 aromatic heterocycles. The number of piperidine rings is 1. The van der Waals surface area contributed by atoms with Crippen LogP contribution in [0.2, 0.25) is 0 Å². The van der Waals surface area contributed by atoms with Crippen molar-refractivity contribution < 1.29 is 4.39 Å². The minimum atomic E-state index is -0.238. The maximum Gasteiger partial charge on any atom is 0.168 e. The van der Waals surface area contributed by atoms with Crippen molar-refractivity contribution in [3.8, 4) is 5.69 Å². The van der Waals surface area contributed by atoms with Crippen molar-refractivity contribution in [3.05, 3.63) is 60.0 Å². The van der Waals surface area contributed by atoms with E-state index >= 15 is 0 Å². The Morgan fingerprint density at radius 1 is 1.12 bits per heavy atom. The second-order valence-corrected chi connectivity index (χ2v) is 6.99. The van der Waals surface area contributed by atoms with Gasteiger partial charge in [0.15, 0.2) is 5.11 Å². The van der Waals surface area contributed by atoms with E-state index in [1.807, 2.05) is 23.9 Å². The fraction of sp³-hybridized carbons (Fsp3) is 0.300. The Bertz CT molecular complexity index is 927. The van der Waals surface area contributed by atoms with Gasteiger partial charge in [-0.3, -0.25) is 0 Å². The molecule has 0 bridgehead atoms. The number of thiocarbonyl (C=S) groups is 1. The van der Waals surface area contributed by atoms with Gasteiger partial charge in [0.2, 0.25) is 0 Å². The van der Waals surface area contributed by atoms with Gasteiger partial charge in [0.25, 0.3) is 0 Å². The Hall–Kier alpha value is -2.47. The van der Waals surface area contributed by atoms with Gasteiger partial charge in [-0.25, -0.2) is 9.07 Å². The van der Waals surface area contributed by atoms with Gasteiger partial charge in [-0.2, -0.15) is 5.10 Å². The van der Waals surface area contributed by atoms with Crippen LogP contribution in [0.5, 0.6) is 0 Å². The number of nitrogens with zero attached hydrogens (tertiary/aromatic N) is 3. The Labute approximate surface area is 157 Å². The van der Waals surface area contributed by atoms with Gasteiger partial charge in [0, 0.05) is 31.4 Å². The van der Waals surface area contributed by atoms with Crippen molar-refractivity contribution in [1.82, 2.24) is 20.0 Å². The Morgan fingerprint density at radius 2 is 1.81 bits per heavy atom. The van der Waals surface area contributed by atoms with Crippen LogP contribution in [-0.4, -0.2) is 39.9 Å². The van der Waals surface area contributed by atoms with Crippen LogP contribution < -0.4 is 5.32 Å². The highest BCUT2D eigenvalue weighted by Crippen LogP contribution is 2.33. The Kier molecular flexibility index (Phi) is 4.59. The van der Waals surface area contributed by atoms with E-state index in [4.69, 9.17) is 17.3 Å². The highest BCUT2D eigenvalue weighted by molar-refractivity contribution is 7.80. The highest BCUT2D eigenvalue weighted by Gasteiger charge is 2.26. The van der Waals surface area contributed by atoms with Gasteiger partial charge >= 0.3 is 0 Å². The first-order valence-corrected chi connectivity index (χ1v) is 9.28. The molecule has 26 heavy (non-hydrogen) atoms. The van der Waals surface area contributed by atoms with Crippen molar-refractivity contribution in [2.75, 3.05) is 20.1 Å². The van der Waals surface area contributed by atoms with Crippen molar-refractivity contribution in [3.63, 3.8) is 0 Å². The van der Waals surface area contributed by atoms with Crippen molar-refractivity contribution in [2.24, 2.45) is 0 Å². The average Bonchev–Trinajstić information content (AvgIpc) is 3.08. The predicted octanol–water partition coefficient (Wildman–Crippen LogP) is 3.85. The molecule has 2 heterocycles. The van der Waals surface area contributed by atoms with Crippen LogP contribution in [0.1, 0.15) is 24.5 Å².